The normalized spacial score (nSPS) is 21.0. The lowest BCUT2D eigenvalue weighted by atomic mass is 10.0. The predicted molar refractivity (Wildman–Crippen MR) is 108 cm³/mol. The molecule has 2 aliphatic rings. The van der Waals surface area contributed by atoms with Crippen molar-refractivity contribution in [3.63, 3.8) is 0 Å². The van der Waals surface area contributed by atoms with Crippen molar-refractivity contribution in [3.05, 3.63) is 18.0 Å². The number of methoxy groups -OCH3 is 2. The van der Waals surface area contributed by atoms with Gasteiger partial charge in [0.05, 0.1) is 26.3 Å². The van der Waals surface area contributed by atoms with Crippen molar-refractivity contribution >= 4 is 16.7 Å². The number of ether oxygens (including phenoxy) is 2. The molecule has 2 aromatic rings. The van der Waals surface area contributed by atoms with E-state index in [1.807, 2.05) is 12.1 Å². The van der Waals surface area contributed by atoms with E-state index in [9.17, 15) is 0 Å². The third kappa shape index (κ3) is 3.68. The highest BCUT2D eigenvalue weighted by Gasteiger charge is 2.23. The Bertz CT molecular complexity index is 804. The molecule has 6 heteroatoms. The minimum Gasteiger partial charge on any atom is -0.493 e. The number of piperidine rings is 1. The van der Waals surface area contributed by atoms with Crippen LogP contribution in [0.15, 0.2) is 12.1 Å². The summed E-state index contributed by atoms with van der Waals surface area (Å²) in [4.78, 5) is 14.8. The smallest absolute Gasteiger partial charge is 0.162 e. The fourth-order valence-corrected chi connectivity index (χ4v) is 4.30. The molecule has 6 nitrogen and oxygen atoms in total. The molecule has 0 spiro atoms. The zero-order valence-electron chi connectivity index (χ0n) is 16.7. The average molecular weight is 370 g/mol. The maximum absolute atomic E-state index is 5.52. The second-order valence-electron chi connectivity index (χ2n) is 7.70. The first-order valence-corrected chi connectivity index (χ1v) is 10.1. The number of hydrogen-bond acceptors (Lipinski definition) is 6. The molecule has 146 valence electrons. The molecule has 0 saturated carbocycles. The van der Waals surface area contributed by atoms with Gasteiger partial charge >= 0.3 is 0 Å². The summed E-state index contributed by atoms with van der Waals surface area (Å²) in [6.45, 7) is 6.37. The van der Waals surface area contributed by atoms with Crippen LogP contribution in [0.5, 0.6) is 11.5 Å². The highest BCUT2D eigenvalue weighted by Crippen LogP contribution is 2.36. The summed E-state index contributed by atoms with van der Waals surface area (Å²) in [5.41, 5.74) is 0.934. The summed E-state index contributed by atoms with van der Waals surface area (Å²) < 4.78 is 11.0. The van der Waals surface area contributed by atoms with Gasteiger partial charge in [-0.1, -0.05) is 6.42 Å². The second kappa shape index (κ2) is 7.89. The zero-order valence-corrected chi connectivity index (χ0v) is 16.7. The van der Waals surface area contributed by atoms with Gasteiger partial charge < -0.3 is 14.4 Å². The van der Waals surface area contributed by atoms with E-state index in [-0.39, 0.29) is 0 Å². The molecule has 1 unspecified atom stereocenters. The number of hydrogen-bond donors (Lipinski definition) is 0. The van der Waals surface area contributed by atoms with Crippen LogP contribution in [-0.4, -0.2) is 54.8 Å². The molecule has 0 bridgehead atoms. The molecule has 1 aromatic carbocycles. The Morgan fingerprint density at radius 1 is 0.963 bits per heavy atom. The highest BCUT2D eigenvalue weighted by molar-refractivity contribution is 5.92. The Kier molecular flexibility index (Phi) is 5.34. The molecule has 2 saturated heterocycles. The average Bonchev–Trinajstić information content (AvgIpc) is 3.22. The first kappa shape index (κ1) is 18.3. The molecule has 0 N–H and O–H groups in total. The fraction of sp³-hybridized carbons (Fsp3) is 0.619. The molecule has 2 aliphatic heterocycles. The lowest BCUT2D eigenvalue weighted by Crippen LogP contribution is -2.37. The molecular formula is C21H30N4O2. The van der Waals surface area contributed by atoms with Gasteiger partial charge in [-0.25, -0.2) is 9.97 Å². The quantitative estimate of drug-likeness (QED) is 0.801. The van der Waals surface area contributed by atoms with Crippen LogP contribution in [0.1, 0.15) is 44.9 Å². The van der Waals surface area contributed by atoms with Crippen LogP contribution in [0.4, 0.5) is 5.82 Å². The molecule has 0 amide bonds. The van der Waals surface area contributed by atoms with Crippen LogP contribution < -0.4 is 14.4 Å². The van der Waals surface area contributed by atoms with Crippen molar-refractivity contribution < 1.29 is 9.47 Å². The number of rotatable bonds is 5. The van der Waals surface area contributed by atoms with Crippen LogP contribution in [0, 0.1) is 0 Å². The molecule has 27 heavy (non-hydrogen) atoms. The first-order valence-electron chi connectivity index (χ1n) is 10.1. The van der Waals surface area contributed by atoms with Crippen LogP contribution in [0.25, 0.3) is 10.9 Å². The topological polar surface area (TPSA) is 50.7 Å². The SMILES string of the molecule is COc1cc2nc(CN3CCCCC3C)nc(N3CCCC3)c2cc1OC. The van der Waals surface area contributed by atoms with Gasteiger partial charge in [0.15, 0.2) is 11.5 Å². The molecule has 0 aliphatic carbocycles. The summed E-state index contributed by atoms with van der Waals surface area (Å²) in [7, 11) is 3.34. The van der Waals surface area contributed by atoms with E-state index >= 15 is 0 Å². The monoisotopic (exact) mass is 370 g/mol. The Hall–Kier alpha value is -2.08. The number of likely N-dealkylation sites (tertiary alicyclic amines) is 1. The van der Waals surface area contributed by atoms with Crippen molar-refractivity contribution in [1.29, 1.82) is 0 Å². The maximum atomic E-state index is 5.52. The van der Waals surface area contributed by atoms with Crippen molar-refractivity contribution in [3.8, 4) is 11.5 Å². The zero-order chi connectivity index (χ0) is 18.8. The number of nitrogens with zero attached hydrogens (tertiary/aromatic N) is 4. The summed E-state index contributed by atoms with van der Waals surface area (Å²) in [5.74, 6) is 3.39. The minimum atomic E-state index is 0.596. The summed E-state index contributed by atoms with van der Waals surface area (Å²) in [6.07, 6.45) is 6.29. The van der Waals surface area contributed by atoms with Crippen LogP contribution in [0.3, 0.4) is 0 Å². The van der Waals surface area contributed by atoms with Gasteiger partial charge in [-0.05, 0) is 45.2 Å². The lowest BCUT2D eigenvalue weighted by Gasteiger charge is -2.33. The van der Waals surface area contributed by atoms with Gasteiger partial charge in [0.1, 0.15) is 11.6 Å². The van der Waals surface area contributed by atoms with Crippen LogP contribution >= 0.6 is 0 Å². The molecule has 1 atom stereocenters. The third-order valence-corrected chi connectivity index (χ3v) is 5.92. The molecule has 4 rings (SSSR count). The van der Waals surface area contributed by atoms with Crippen molar-refractivity contribution in [2.24, 2.45) is 0 Å². The standard InChI is InChI=1S/C21H30N4O2/c1-15-8-4-5-11-25(15)14-20-22-17-13-19(27-3)18(26-2)12-16(17)21(23-20)24-9-6-7-10-24/h12-13,15H,4-11,14H2,1-3H3. The predicted octanol–water partition coefficient (Wildman–Crippen LogP) is 3.62. The molecule has 3 heterocycles. The van der Waals surface area contributed by atoms with Gasteiger partial charge in [0.25, 0.3) is 0 Å². The van der Waals surface area contributed by atoms with E-state index in [0.29, 0.717) is 11.8 Å². The molecule has 2 fully saturated rings. The Labute approximate surface area is 161 Å². The van der Waals surface area contributed by atoms with Gasteiger partial charge in [0.2, 0.25) is 0 Å². The summed E-state index contributed by atoms with van der Waals surface area (Å²) >= 11 is 0. The van der Waals surface area contributed by atoms with Crippen LogP contribution in [0.2, 0.25) is 0 Å². The van der Waals surface area contributed by atoms with E-state index in [2.05, 4.69) is 16.7 Å². The van der Waals surface area contributed by atoms with Crippen LogP contribution in [-0.2, 0) is 6.54 Å². The highest BCUT2D eigenvalue weighted by atomic mass is 16.5. The van der Waals surface area contributed by atoms with E-state index < -0.39 is 0 Å². The first-order chi connectivity index (χ1) is 13.2. The van der Waals surface area contributed by atoms with E-state index in [1.54, 1.807) is 14.2 Å². The molecular weight excluding hydrogens is 340 g/mol. The van der Waals surface area contributed by atoms with Gasteiger partial charge in [0, 0.05) is 30.6 Å². The Morgan fingerprint density at radius 2 is 1.67 bits per heavy atom. The number of benzene rings is 1. The lowest BCUT2D eigenvalue weighted by molar-refractivity contribution is 0.149. The van der Waals surface area contributed by atoms with Crippen molar-refractivity contribution in [1.82, 2.24) is 14.9 Å². The van der Waals surface area contributed by atoms with Gasteiger partial charge in [-0.15, -0.1) is 0 Å². The third-order valence-electron chi connectivity index (χ3n) is 5.92. The fourth-order valence-electron chi connectivity index (χ4n) is 4.30. The summed E-state index contributed by atoms with van der Waals surface area (Å²) in [6, 6.07) is 4.60. The molecule has 1 aromatic heterocycles. The van der Waals surface area contributed by atoms with Gasteiger partial charge in [-0.3, -0.25) is 4.90 Å². The minimum absolute atomic E-state index is 0.596. The Morgan fingerprint density at radius 3 is 2.37 bits per heavy atom. The van der Waals surface area contributed by atoms with Gasteiger partial charge in [-0.2, -0.15) is 0 Å². The molecule has 0 radical (unpaired) electrons. The number of anilines is 1. The van der Waals surface area contributed by atoms with Crippen molar-refractivity contribution in [2.45, 2.75) is 51.6 Å². The second-order valence-corrected chi connectivity index (χ2v) is 7.70. The van der Waals surface area contributed by atoms with Crippen molar-refractivity contribution in [2.75, 3.05) is 38.8 Å². The Balaban J connectivity index is 1.77. The van der Waals surface area contributed by atoms with E-state index in [4.69, 9.17) is 19.4 Å². The number of fused-ring (bicyclic) bond motifs is 1. The van der Waals surface area contributed by atoms with E-state index in [0.717, 1.165) is 54.5 Å². The number of aromatic nitrogens is 2. The maximum Gasteiger partial charge on any atom is 0.162 e. The summed E-state index contributed by atoms with van der Waals surface area (Å²) in [5, 5.41) is 1.05. The largest absolute Gasteiger partial charge is 0.493 e. The van der Waals surface area contributed by atoms with E-state index in [1.165, 1.54) is 32.1 Å².